The van der Waals surface area contributed by atoms with Crippen molar-refractivity contribution in [2.75, 3.05) is 33.2 Å². The molecule has 0 aromatic carbocycles. The van der Waals surface area contributed by atoms with Gasteiger partial charge in [0.1, 0.15) is 0 Å². The van der Waals surface area contributed by atoms with Crippen LogP contribution in [-0.4, -0.2) is 50.1 Å². The molecule has 2 N–H and O–H groups in total. The molecule has 1 rings (SSSR count). The maximum atomic E-state index is 11.2. The van der Waals surface area contributed by atoms with Gasteiger partial charge in [-0.2, -0.15) is 0 Å². The third kappa shape index (κ3) is 4.94. The SMILES string of the molecule is CCCN(CCC(=O)NC)CC1CCCN1. The Kier molecular flexibility index (Phi) is 6.42. The summed E-state index contributed by atoms with van der Waals surface area (Å²) in [5, 5.41) is 6.18. The zero-order valence-electron chi connectivity index (χ0n) is 10.6. The molecule has 1 aliphatic heterocycles. The summed E-state index contributed by atoms with van der Waals surface area (Å²) < 4.78 is 0. The Balaban J connectivity index is 2.25. The molecule has 0 radical (unpaired) electrons. The van der Waals surface area contributed by atoms with Gasteiger partial charge in [-0.25, -0.2) is 0 Å². The second kappa shape index (κ2) is 7.63. The molecular formula is C12H25N3O. The lowest BCUT2D eigenvalue weighted by atomic mass is 10.2. The Morgan fingerprint density at radius 3 is 2.88 bits per heavy atom. The Labute approximate surface area is 98.8 Å². The standard InChI is InChI=1S/C12H25N3O/c1-3-8-15(9-6-12(16)13-2)10-11-5-4-7-14-11/h11,14H,3-10H2,1-2H3,(H,13,16). The van der Waals surface area contributed by atoms with Gasteiger partial charge in [-0.05, 0) is 32.4 Å². The molecule has 1 aliphatic rings. The third-order valence-electron chi connectivity index (χ3n) is 3.11. The van der Waals surface area contributed by atoms with E-state index in [1.54, 1.807) is 7.05 Å². The van der Waals surface area contributed by atoms with Crippen molar-refractivity contribution >= 4 is 5.91 Å². The lowest BCUT2D eigenvalue weighted by molar-refractivity contribution is -0.120. The molecule has 1 atom stereocenters. The molecule has 16 heavy (non-hydrogen) atoms. The van der Waals surface area contributed by atoms with Crippen LogP contribution in [0, 0.1) is 0 Å². The number of amides is 1. The maximum absolute atomic E-state index is 11.2. The number of hydrogen-bond donors (Lipinski definition) is 2. The molecule has 0 aliphatic carbocycles. The highest BCUT2D eigenvalue weighted by atomic mass is 16.1. The fourth-order valence-corrected chi connectivity index (χ4v) is 2.22. The smallest absolute Gasteiger partial charge is 0.221 e. The Hall–Kier alpha value is -0.610. The molecule has 4 nitrogen and oxygen atoms in total. The van der Waals surface area contributed by atoms with Crippen molar-refractivity contribution in [3.63, 3.8) is 0 Å². The van der Waals surface area contributed by atoms with E-state index >= 15 is 0 Å². The summed E-state index contributed by atoms with van der Waals surface area (Å²) >= 11 is 0. The van der Waals surface area contributed by atoms with E-state index in [2.05, 4.69) is 22.5 Å². The molecule has 0 bridgehead atoms. The quantitative estimate of drug-likeness (QED) is 0.669. The van der Waals surface area contributed by atoms with Gasteiger partial charge >= 0.3 is 0 Å². The number of rotatable bonds is 7. The van der Waals surface area contributed by atoms with Crippen LogP contribution in [0.2, 0.25) is 0 Å². The van der Waals surface area contributed by atoms with Crippen LogP contribution in [0.3, 0.4) is 0 Å². The molecule has 1 fully saturated rings. The van der Waals surface area contributed by atoms with Gasteiger partial charge in [0, 0.05) is 32.6 Å². The molecule has 1 amide bonds. The number of carbonyl (C=O) groups is 1. The van der Waals surface area contributed by atoms with E-state index in [9.17, 15) is 4.79 Å². The van der Waals surface area contributed by atoms with Gasteiger partial charge in [0.05, 0.1) is 0 Å². The highest BCUT2D eigenvalue weighted by molar-refractivity contribution is 5.75. The van der Waals surface area contributed by atoms with Crippen LogP contribution in [0.5, 0.6) is 0 Å². The predicted molar refractivity (Wildman–Crippen MR) is 66.4 cm³/mol. The van der Waals surface area contributed by atoms with Crippen LogP contribution in [0.15, 0.2) is 0 Å². The van der Waals surface area contributed by atoms with E-state index in [1.807, 2.05) is 0 Å². The average Bonchev–Trinajstić information content (AvgIpc) is 2.78. The molecule has 1 saturated heterocycles. The minimum Gasteiger partial charge on any atom is -0.359 e. The van der Waals surface area contributed by atoms with Gasteiger partial charge in [0.2, 0.25) is 5.91 Å². The van der Waals surface area contributed by atoms with Gasteiger partial charge in [0.25, 0.3) is 0 Å². The predicted octanol–water partition coefficient (Wildman–Crippen LogP) is 0.587. The first kappa shape index (κ1) is 13.5. The zero-order chi connectivity index (χ0) is 11.8. The molecule has 0 spiro atoms. The zero-order valence-corrected chi connectivity index (χ0v) is 10.6. The largest absolute Gasteiger partial charge is 0.359 e. The number of carbonyl (C=O) groups excluding carboxylic acids is 1. The van der Waals surface area contributed by atoms with Crippen LogP contribution in [-0.2, 0) is 4.79 Å². The molecule has 1 unspecified atom stereocenters. The summed E-state index contributed by atoms with van der Waals surface area (Å²) in [6.07, 6.45) is 4.34. The van der Waals surface area contributed by atoms with Gasteiger partial charge in [0.15, 0.2) is 0 Å². The highest BCUT2D eigenvalue weighted by Gasteiger charge is 2.17. The van der Waals surface area contributed by atoms with Crippen LogP contribution < -0.4 is 10.6 Å². The van der Waals surface area contributed by atoms with Gasteiger partial charge in [-0.1, -0.05) is 6.92 Å². The molecule has 0 aromatic rings. The topological polar surface area (TPSA) is 44.4 Å². The lowest BCUT2D eigenvalue weighted by Crippen LogP contribution is -2.39. The summed E-state index contributed by atoms with van der Waals surface area (Å²) in [5.74, 6) is 0.139. The molecule has 4 heteroatoms. The minimum atomic E-state index is 0.139. The van der Waals surface area contributed by atoms with Crippen molar-refractivity contribution in [1.29, 1.82) is 0 Å². The normalized spacial score (nSPS) is 20.3. The molecule has 1 heterocycles. The summed E-state index contributed by atoms with van der Waals surface area (Å²) in [6.45, 7) is 6.40. The van der Waals surface area contributed by atoms with Crippen molar-refractivity contribution < 1.29 is 4.79 Å². The highest BCUT2D eigenvalue weighted by Crippen LogP contribution is 2.07. The van der Waals surface area contributed by atoms with E-state index in [0.717, 1.165) is 32.6 Å². The summed E-state index contributed by atoms with van der Waals surface area (Å²) in [5.41, 5.74) is 0. The summed E-state index contributed by atoms with van der Waals surface area (Å²) in [4.78, 5) is 13.6. The average molecular weight is 227 g/mol. The van der Waals surface area contributed by atoms with Gasteiger partial charge in [-0.15, -0.1) is 0 Å². The number of nitrogens with zero attached hydrogens (tertiary/aromatic N) is 1. The van der Waals surface area contributed by atoms with Crippen LogP contribution in [0.25, 0.3) is 0 Å². The van der Waals surface area contributed by atoms with Gasteiger partial charge < -0.3 is 15.5 Å². The van der Waals surface area contributed by atoms with E-state index in [-0.39, 0.29) is 5.91 Å². The molecule has 0 aromatic heterocycles. The van der Waals surface area contributed by atoms with Crippen molar-refractivity contribution in [3.05, 3.63) is 0 Å². The first-order valence-electron chi connectivity index (χ1n) is 6.42. The molecular weight excluding hydrogens is 202 g/mol. The van der Waals surface area contributed by atoms with Crippen molar-refractivity contribution in [2.24, 2.45) is 0 Å². The van der Waals surface area contributed by atoms with E-state index in [0.29, 0.717) is 12.5 Å². The second-order valence-corrected chi connectivity index (χ2v) is 4.52. The van der Waals surface area contributed by atoms with Gasteiger partial charge in [-0.3, -0.25) is 4.79 Å². The fourth-order valence-electron chi connectivity index (χ4n) is 2.22. The first-order valence-corrected chi connectivity index (χ1v) is 6.42. The lowest BCUT2D eigenvalue weighted by Gasteiger charge is -2.24. The van der Waals surface area contributed by atoms with Crippen molar-refractivity contribution in [1.82, 2.24) is 15.5 Å². The van der Waals surface area contributed by atoms with Crippen LogP contribution in [0.4, 0.5) is 0 Å². The number of nitrogens with one attached hydrogen (secondary N) is 2. The second-order valence-electron chi connectivity index (χ2n) is 4.52. The third-order valence-corrected chi connectivity index (χ3v) is 3.11. The monoisotopic (exact) mass is 227 g/mol. The summed E-state index contributed by atoms with van der Waals surface area (Å²) in [7, 11) is 1.70. The Bertz CT molecular complexity index is 202. The van der Waals surface area contributed by atoms with Crippen LogP contribution in [0.1, 0.15) is 32.6 Å². The maximum Gasteiger partial charge on any atom is 0.221 e. The molecule has 94 valence electrons. The summed E-state index contributed by atoms with van der Waals surface area (Å²) in [6, 6.07) is 0.635. The van der Waals surface area contributed by atoms with Crippen molar-refractivity contribution in [3.8, 4) is 0 Å². The van der Waals surface area contributed by atoms with Crippen LogP contribution >= 0.6 is 0 Å². The number of hydrogen-bond acceptors (Lipinski definition) is 3. The Morgan fingerprint density at radius 2 is 2.31 bits per heavy atom. The first-order chi connectivity index (χ1) is 7.76. The van der Waals surface area contributed by atoms with E-state index in [1.165, 1.54) is 12.8 Å². The fraction of sp³-hybridized carbons (Fsp3) is 0.917. The van der Waals surface area contributed by atoms with E-state index in [4.69, 9.17) is 0 Å². The van der Waals surface area contributed by atoms with Crippen molar-refractivity contribution in [2.45, 2.75) is 38.6 Å². The Morgan fingerprint density at radius 1 is 1.50 bits per heavy atom. The van der Waals surface area contributed by atoms with E-state index < -0.39 is 0 Å². The minimum absolute atomic E-state index is 0.139. The molecule has 0 saturated carbocycles.